The summed E-state index contributed by atoms with van der Waals surface area (Å²) in [7, 11) is 1.67. The molecule has 2 N–H and O–H groups in total. The van der Waals surface area contributed by atoms with Gasteiger partial charge in [-0.15, -0.1) is 12.4 Å². The van der Waals surface area contributed by atoms with E-state index in [0.29, 0.717) is 0 Å². The highest BCUT2D eigenvalue weighted by Crippen LogP contribution is 2.01. The third-order valence-electron chi connectivity index (χ3n) is 2.54. The number of likely N-dealkylation sites (N-methyl/N-ethyl adjacent to an activating group) is 1. The van der Waals surface area contributed by atoms with Gasteiger partial charge >= 0.3 is 12.1 Å². The molecule has 0 fully saturated rings. The molecule has 0 saturated carbocycles. The lowest BCUT2D eigenvalue weighted by Gasteiger charge is -2.16. The van der Waals surface area contributed by atoms with Crippen molar-refractivity contribution in [2.24, 2.45) is 0 Å². The van der Waals surface area contributed by atoms with E-state index >= 15 is 0 Å². The molecule has 1 rings (SSSR count). The van der Waals surface area contributed by atoms with Crippen LogP contribution in [0.2, 0.25) is 0 Å². The standard InChI is InChI=1S/C15H20N2O4.ClH/c1-3-9-20-14(18)13(10-16-2)17-15(19)21-11-12-7-5-4-6-8-12;/h3-8,13,16H,1,9-11H2,2H3,(H,17,19);1H/t13-;/m1./s1. The number of halogens is 1. The smallest absolute Gasteiger partial charge is 0.408 e. The van der Waals surface area contributed by atoms with Crippen LogP contribution in [0.1, 0.15) is 5.56 Å². The topological polar surface area (TPSA) is 76.7 Å². The van der Waals surface area contributed by atoms with Crippen LogP contribution in [0.25, 0.3) is 0 Å². The fourth-order valence-electron chi connectivity index (χ4n) is 1.55. The zero-order chi connectivity index (χ0) is 15.5. The Morgan fingerprint density at radius 3 is 2.55 bits per heavy atom. The number of esters is 1. The summed E-state index contributed by atoms with van der Waals surface area (Å²) in [6.07, 6.45) is 0.789. The summed E-state index contributed by atoms with van der Waals surface area (Å²) in [5.74, 6) is -0.541. The molecule has 1 aromatic carbocycles. The van der Waals surface area contributed by atoms with Gasteiger partial charge < -0.3 is 20.1 Å². The molecule has 22 heavy (non-hydrogen) atoms. The Kier molecular flexibility index (Phi) is 10.5. The van der Waals surface area contributed by atoms with Gasteiger partial charge in [0.1, 0.15) is 19.3 Å². The van der Waals surface area contributed by atoms with Crippen molar-refractivity contribution in [2.75, 3.05) is 20.2 Å². The van der Waals surface area contributed by atoms with E-state index < -0.39 is 18.1 Å². The molecule has 0 saturated heterocycles. The SMILES string of the molecule is C=CCOC(=O)[C@@H](CNC)NC(=O)OCc1ccccc1.Cl. The van der Waals surface area contributed by atoms with Crippen LogP contribution in [0.15, 0.2) is 43.0 Å². The van der Waals surface area contributed by atoms with Crippen molar-refractivity contribution in [1.82, 2.24) is 10.6 Å². The van der Waals surface area contributed by atoms with Crippen molar-refractivity contribution < 1.29 is 19.1 Å². The first kappa shape index (κ1) is 19.9. The molecule has 1 aromatic rings. The number of ether oxygens (including phenoxy) is 2. The first-order chi connectivity index (χ1) is 10.2. The summed E-state index contributed by atoms with van der Waals surface area (Å²) in [4.78, 5) is 23.4. The van der Waals surface area contributed by atoms with Crippen LogP contribution in [0.4, 0.5) is 4.79 Å². The molecule has 0 aromatic heterocycles. The molecule has 0 aliphatic heterocycles. The lowest BCUT2D eigenvalue weighted by molar-refractivity contribution is -0.144. The van der Waals surface area contributed by atoms with E-state index in [-0.39, 0.29) is 32.2 Å². The van der Waals surface area contributed by atoms with E-state index in [4.69, 9.17) is 9.47 Å². The second-order valence-corrected chi connectivity index (χ2v) is 4.24. The Morgan fingerprint density at radius 1 is 1.27 bits per heavy atom. The first-order valence-electron chi connectivity index (χ1n) is 6.56. The minimum Gasteiger partial charge on any atom is -0.460 e. The minimum absolute atomic E-state index is 0. The highest BCUT2D eigenvalue weighted by molar-refractivity contribution is 5.85. The third-order valence-corrected chi connectivity index (χ3v) is 2.54. The van der Waals surface area contributed by atoms with Gasteiger partial charge in [0.15, 0.2) is 0 Å². The molecule has 0 aliphatic rings. The molecule has 6 nitrogen and oxygen atoms in total. The summed E-state index contributed by atoms with van der Waals surface area (Å²) < 4.78 is 9.96. The van der Waals surface area contributed by atoms with Crippen LogP contribution in [0, 0.1) is 0 Å². The lowest BCUT2D eigenvalue weighted by Crippen LogP contribution is -2.47. The Bertz CT molecular complexity index is 468. The Morgan fingerprint density at radius 2 is 1.95 bits per heavy atom. The highest BCUT2D eigenvalue weighted by atomic mass is 35.5. The molecular formula is C15H21ClN2O4. The number of hydrogen-bond donors (Lipinski definition) is 2. The van der Waals surface area contributed by atoms with Crippen molar-refractivity contribution in [2.45, 2.75) is 12.6 Å². The van der Waals surface area contributed by atoms with Crippen LogP contribution in [0.3, 0.4) is 0 Å². The summed E-state index contributed by atoms with van der Waals surface area (Å²) in [5, 5.41) is 5.27. The summed E-state index contributed by atoms with van der Waals surface area (Å²) >= 11 is 0. The van der Waals surface area contributed by atoms with Crippen molar-refractivity contribution in [1.29, 1.82) is 0 Å². The molecule has 1 amide bonds. The van der Waals surface area contributed by atoms with Gasteiger partial charge in [0.25, 0.3) is 0 Å². The van der Waals surface area contributed by atoms with Gasteiger partial charge in [-0.2, -0.15) is 0 Å². The zero-order valence-electron chi connectivity index (χ0n) is 12.4. The fourth-order valence-corrected chi connectivity index (χ4v) is 1.55. The molecule has 1 atom stereocenters. The van der Waals surface area contributed by atoms with Crippen LogP contribution in [-0.4, -0.2) is 38.3 Å². The first-order valence-corrected chi connectivity index (χ1v) is 6.56. The van der Waals surface area contributed by atoms with Gasteiger partial charge in [-0.1, -0.05) is 43.0 Å². The van der Waals surface area contributed by atoms with Crippen LogP contribution >= 0.6 is 12.4 Å². The van der Waals surface area contributed by atoms with E-state index in [2.05, 4.69) is 17.2 Å². The number of amides is 1. The van der Waals surface area contributed by atoms with Crippen LogP contribution in [0.5, 0.6) is 0 Å². The van der Waals surface area contributed by atoms with Crippen LogP contribution in [-0.2, 0) is 20.9 Å². The number of carbonyl (C=O) groups excluding carboxylic acids is 2. The maximum atomic E-state index is 11.7. The number of rotatable bonds is 8. The highest BCUT2D eigenvalue weighted by Gasteiger charge is 2.21. The quantitative estimate of drug-likeness (QED) is 0.560. The van der Waals surface area contributed by atoms with Crippen molar-refractivity contribution in [3.05, 3.63) is 48.6 Å². The van der Waals surface area contributed by atoms with E-state index in [9.17, 15) is 9.59 Å². The second kappa shape index (κ2) is 11.6. The summed E-state index contributed by atoms with van der Waals surface area (Å²) in [6, 6.07) is 8.47. The Balaban J connectivity index is 0.00000441. The molecule has 0 radical (unpaired) electrons. The molecule has 0 heterocycles. The predicted octanol–water partition coefficient (Wildman–Crippen LogP) is 1.65. The van der Waals surface area contributed by atoms with E-state index in [0.717, 1.165) is 5.56 Å². The Hall–Kier alpha value is -2.05. The van der Waals surface area contributed by atoms with Crippen LogP contribution < -0.4 is 10.6 Å². The van der Waals surface area contributed by atoms with E-state index in [1.165, 1.54) is 6.08 Å². The Labute approximate surface area is 136 Å². The van der Waals surface area contributed by atoms with Gasteiger partial charge in [0.05, 0.1) is 0 Å². The molecule has 122 valence electrons. The average Bonchev–Trinajstić information content (AvgIpc) is 2.51. The molecule has 0 bridgehead atoms. The monoisotopic (exact) mass is 328 g/mol. The largest absolute Gasteiger partial charge is 0.460 e. The van der Waals surface area contributed by atoms with Gasteiger partial charge in [-0.25, -0.2) is 9.59 Å². The van der Waals surface area contributed by atoms with Crippen molar-refractivity contribution >= 4 is 24.5 Å². The third kappa shape index (κ3) is 7.66. The van der Waals surface area contributed by atoms with Gasteiger partial charge in [0, 0.05) is 6.54 Å². The number of alkyl carbamates (subject to hydrolysis) is 1. The maximum Gasteiger partial charge on any atom is 0.408 e. The average molecular weight is 329 g/mol. The fraction of sp³-hybridized carbons (Fsp3) is 0.333. The number of hydrogen-bond acceptors (Lipinski definition) is 5. The maximum absolute atomic E-state index is 11.7. The molecule has 7 heteroatoms. The lowest BCUT2D eigenvalue weighted by atomic mass is 10.2. The van der Waals surface area contributed by atoms with Gasteiger partial charge in [0.2, 0.25) is 0 Å². The minimum atomic E-state index is -0.807. The van der Waals surface area contributed by atoms with Gasteiger partial charge in [-0.05, 0) is 12.6 Å². The number of nitrogens with one attached hydrogen (secondary N) is 2. The summed E-state index contributed by atoms with van der Waals surface area (Å²) in [6.45, 7) is 3.94. The normalized spacial score (nSPS) is 10.8. The van der Waals surface area contributed by atoms with Crippen molar-refractivity contribution in [3.8, 4) is 0 Å². The molecule has 0 spiro atoms. The van der Waals surface area contributed by atoms with E-state index in [1.807, 2.05) is 30.3 Å². The second-order valence-electron chi connectivity index (χ2n) is 4.24. The molecule has 0 aliphatic carbocycles. The number of carbonyl (C=O) groups is 2. The number of benzene rings is 1. The van der Waals surface area contributed by atoms with Gasteiger partial charge in [-0.3, -0.25) is 0 Å². The molecule has 0 unspecified atom stereocenters. The predicted molar refractivity (Wildman–Crippen MR) is 85.9 cm³/mol. The molecular weight excluding hydrogens is 308 g/mol. The van der Waals surface area contributed by atoms with E-state index in [1.54, 1.807) is 7.05 Å². The zero-order valence-corrected chi connectivity index (χ0v) is 13.2. The van der Waals surface area contributed by atoms with Crippen molar-refractivity contribution in [3.63, 3.8) is 0 Å². The summed E-state index contributed by atoms with van der Waals surface area (Å²) in [5.41, 5.74) is 0.868.